The van der Waals surface area contributed by atoms with Gasteiger partial charge in [0.15, 0.2) is 0 Å². The summed E-state index contributed by atoms with van der Waals surface area (Å²) in [5.41, 5.74) is 1.89. The minimum atomic E-state index is -1.65. The van der Waals surface area contributed by atoms with E-state index in [4.69, 9.17) is 23.7 Å². The fourth-order valence-corrected chi connectivity index (χ4v) is 10.8. The summed E-state index contributed by atoms with van der Waals surface area (Å²) in [6.45, 7) is 5.54. The number of nitrogens with zero attached hydrogens (tertiary/aromatic N) is 1. The van der Waals surface area contributed by atoms with Crippen molar-refractivity contribution < 1.29 is 47.7 Å². The zero-order valence-electron chi connectivity index (χ0n) is 28.0. The van der Waals surface area contributed by atoms with Crippen molar-refractivity contribution in [3.63, 3.8) is 0 Å². The van der Waals surface area contributed by atoms with Gasteiger partial charge in [0.1, 0.15) is 24.5 Å². The molecule has 0 atom stereocenters. The Bertz CT molecular complexity index is 1880. The molecule has 11 nitrogen and oxygen atoms in total. The molecule has 256 valence electrons. The molecule has 0 aromatic heterocycles. The zero-order valence-corrected chi connectivity index (χ0v) is 30.4. The van der Waals surface area contributed by atoms with Gasteiger partial charge in [-0.05, 0) is 56.2 Å². The number of benzene rings is 2. The first-order valence-electron chi connectivity index (χ1n) is 14.7. The van der Waals surface area contributed by atoms with Crippen molar-refractivity contribution in [1.29, 1.82) is 0 Å². The number of esters is 4. The van der Waals surface area contributed by atoms with E-state index in [1.54, 1.807) is 30.2 Å². The van der Waals surface area contributed by atoms with Crippen LogP contribution in [0, 0.1) is 6.92 Å². The molecule has 0 fully saturated rings. The third-order valence-electron chi connectivity index (χ3n) is 8.05. The van der Waals surface area contributed by atoms with Gasteiger partial charge in [-0.2, -0.15) is 0 Å². The lowest BCUT2D eigenvalue weighted by molar-refractivity contribution is -0.138. The minimum absolute atomic E-state index is 0.115. The number of anilines is 1. The standard InChI is InChI=1S/C35H33NO10S3/c1-18-9-15-21-22(17-18)36(23(37)16-12-19-10-13-20(42-4)14-11-19)34(2,3)29-24(21)35(25(30(38)43-5)26(47-29)31(39)44-6)48-27(32(40)45-7)28(49-35)33(41)46-8/h9-17H,1-8H3/b16-12+. The summed E-state index contributed by atoms with van der Waals surface area (Å²) < 4.78 is 24.1. The van der Waals surface area contributed by atoms with Crippen molar-refractivity contribution in [2.24, 2.45) is 0 Å². The Morgan fingerprint density at radius 3 is 1.82 bits per heavy atom. The van der Waals surface area contributed by atoms with Gasteiger partial charge in [0.05, 0.1) is 52.3 Å². The molecule has 3 aliphatic heterocycles. The Morgan fingerprint density at radius 1 is 0.735 bits per heavy atom. The smallest absolute Gasteiger partial charge is 0.345 e. The topological polar surface area (TPSA) is 135 Å². The van der Waals surface area contributed by atoms with E-state index in [-0.39, 0.29) is 26.2 Å². The van der Waals surface area contributed by atoms with Crippen LogP contribution in [0.25, 0.3) is 11.6 Å². The average molecular weight is 724 g/mol. The second-order valence-electron chi connectivity index (χ2n) is 11.3. The van der Waals surface area contributed by atoms with Gasteiger partial charge in [0.25, 0.3) is 5.91 Å². The van der Waals surface area contributed by atoms with Crippen molar-refractivity contribution in [3.8, 4) is 5.75 Å². The molecule has 0 N–H and O–H groups in total. The number of hydrogen-bond donors (Lipinski definition) is 0. The van der Waals surface area contributed by atoms with Crippen molar-refractivity contribution >= 4 is 82.4 Å². The third-order valence-corrected chi connectivity index (χ3v) is 12.7. The van der Waals surface area contributed by atoms with E-state index in [0.29, 0.717) is 27.5 Å². The van der Waals surface area contributed by atoms with Crippen LogP contribution in [0.4, 0.5) is 5.69 Å². The maximum atomic E-state index is 14.3. The number of amides is 1. The zero-order chi connectivity index (χ0) is 35.8. The molecule has 14 heteroatoms. The molecular formula is C35H33NO10S3. The first-order valence-corrected chi connectivity index (χ1v) is 17.1. The van der Waals surface area contributed by atoms with E-state index in [1.165, 1.54) is 34.5 Å². The number of ether oxygens (including phenoxy) is 5. The SMILES string of the molecule is COC(=O)C1=C(C(=O)OC)SC2(S1)C(C(=O)OC)=C(C(=O)OC)SC1=C2c2ccc(C)cc2N(C(=O)/C=C/c2ccc(OC)cc2)C1(C)C. The predicted molar refractivity (Wildman–Crippen MR) is 189 cm³/mol. The Labute approximate surface area is 296 Å². The van der Waals surface area contributed by atoms with E-state index in [9.17, 15) is 24.0 Å². The summed E-state index contributed by atoms with van der Waals surface area (Å²) in [4.78, 5) is 69.8. The van der Waals surface area contributed by atoms with Crippen LogP contribution in [0.2, 0.25) is 0 Å². The highest BCUT2D eigenvalue weighted by Crippen LogP contribution is 2.71. The maximum Gasteiger partial charge on any atom is 0.345 e. The first-order chi connectivity index (χ1) is 23.3. The third kappa shape index (κ3) is 6.06. The molecule has 1 spiro atoms. The number of hydrogen-bond acceptors (Lipinski definition) is 13. The van der Waals surface area contributed by atoms with E-state index in [0.717, 1.165) is 46.4 Å². The first kappa shape index (κ1) is 35.9. The van der Waals surface area contributed by atoms with Crippen LogP contribution in [0.1, 0.15) is 30.5 Å². The molecule has 0 saturated carbocycles. The van der Waals surface area contributed by atoms with E-state index < -0.39 is 33.5 Å². The summed E-state index contributed by atoms with van der Waals surface area (Å²) in [7, 11) is 6.26. The molecule has 3 heterocycles. The molecule has 0 aliphatic carbocycles. The quantitative estimate of drug-likeness (QED) is 0.199. The van der Waals surface area contributed by atoms with Gasteiger partial charge in [0, 0.05) is 22.1 Å². The Morgan fingerprint density at radius 2 is 1.29 bits per heavy atom. The molecule has 3 aliphatic rings. The average Bonchev–Trinajstić information content (AvgIpc) is 3.49. The molecular weight excluding hydrogens is 691 g/mol. The van der Waals surface area contributed by atoms with E-state index in [2.05, 4.69) is 0 Å². The van der Waals surface area contributed by atoms with Crippen molar-refractivity contribution in [2.45, 2.75) is 30.4 Å². The van der Waals surface area contributed by atoms with Crippen molar-refractivity contribution in [2.75, 3.05) is 40.4 Å². The van der Waals surface area contributed by atoms with Crippen LogP contribution >= 0.6 is 35.3 Å². The predicted octanol–water partition coefficient (Wildman–Crippen LogP) is 5.63. The van der Waals surface area contributed by atoms with Gasteiger partial charge in [-0.1, -0.05) is 59.6 Å². The highest BCUT2D eigenvalue weighted by molar-refractivity contribution is 8.26. The van der Waals surface area contributed by atoms with Gasteiger partial charge in [0.2, 0.25) is 0 Å². The van der Waals surface area contributed by atoms with Crippen LogP contribution in [0.5, 0.6) is 5.75 Å². The number of methoxy groups -OCH3 is 5. The molecule has 0 bridgehead atoms. The maximum absolute atomic E-state index is 14.3. The lowest BCUT2D eigenvalue weighted by Gasteiger charge is -2.50. The number of fused-ring (bicyclic) bond motifs is 3. The summed E-state index contributed by atoms with van der Waals surface area (Å²) in [5, 5.41) is 0. The van der Waals surface area contributed by atoms with E-state index >= 15 is 0 Å². The number of thioether (sulfide) groups is 3. The van der Waals surface area contributed by atoms with Gasteiger partial charge in [-0.3, -0.25) is 9.69 Å². The molecule has 0 radical (unpaired) electrons. The van der Waals surface area contributed by atoms with E-state index in [1.807, 2.05) is 51.1 Å². The molecule has 1 amide bonds. The molecule has 2 aromatic rings. The largest absolute Gasteiger partial charge is 0.497 e. The molecule has 2 aromatic carbocycles. The van der Waals surface area contributed by atoms with Gasteiger partial charge >= 0.3 is 23.9 Å². The van der Waals surface area contributed by atoms with Crippen LogP contribution in [0.3, 0.4) is 0 Å². The van der Waals surface area contributed by atoms with Gasteiger partial charge < -0.3 is 23.7 Å². The van der Waals surface area contributed by atoms with Crippen LogP contribution in [-0.4, -0.2) is 75.0 Å². The number of carbonyl (C=O) groups excluding carboxylic acids is 5. The highest BCUT2D eigenvalue weighted by Gasteiger charge is 2.61. The fraction of sp³-hybridized carbons (Fsp3) is 0.286. The van der Waals surface area contributed by atoms with Crippen molar-refractivity contribution in [1.82, 2.24) is 0 Å². The molecule has 0 saturated heterocycles. The Kier molecular flexibility index (Phi) is 10.1. The second-order valence-corrected chi connectivity index (χ2v) is 15.0. The van der Waals surface area contributed by atoms with Crippen LogP contribution < -0.4 is 9.64 Å². The minimum Gasteiger partial charge on any atom is -0.497 e. The second kappa shape index (κ2) is 13.8. The van der Waals surface area contributed by atoms with Gasteiger partial charge in [-0.25, -0.2) is 19.2 Å². The number of aryl methyl sites for hydroxylation is 1. The molecule has 49 heavy (non-hydrogen) atoms. The Hall–Kier alpha value is -4.40. The lowest BCUT2D eigenvalue weighted by Crippen LogP contribution is -2.53. The number of carbonyl (C=O) groups is 5. The summed E-state index contributed by atoms with van der Waals surface area (Å²) in [6, 6.07) is 12.8. The van der Waals surface area contributed by atoms with Gasteiger partial charge in [-0.15, -0.1) is 0 Å². The van der Waals surface area contributed by atoms with Crippen LogP contribution in [0.15, 0.2) is 73.7 Å². The molecule has 0 unspecified atom stereocenters. The van der Waals surface area contributed by atoms with Crippen molar-refractivity contribution in [3.05, 3.63) is 90.4 Å². The summed E-state index contributed by atoms with van der Waals surface area (Å²) in [6.07, 6.45) is 3.16. The van der Waals surface area contributed by atoms with Crippen LogP contribution in [-0.2, 0) is 42.9 Å². The molecule has 5 rings (SSSR count). The summed E-state index contributed by atoms with van der Waals surface area (Å²) >= 11 is 2.74. The summed E-state index contributed by atoms with van der Waals surface area (Å²) in [5.74, 6) is -3.06. The number of rotatable bonds is 7. The monoisotopic (exact) mass is 723 g/mol. The normalized spacial score (nSPS) is 17.5. The Balaban J connectivity index is 1.80. The fourth-order valence-electron chi connectivity index (χ4n) is 5.78. The lowest BCUT2D eigenvalue weighted by atomic mass is 9.83. The highest BCUT2D eigenvalue weighted by atomic mass is 32.2.